The Bertz CT molecular complexity index is 890. The molecule has 29 heavy (non-hydrogen) atoms. The van der Waals surface area contributed by atoms with Crippen molar-refractivity contribution in [3.8, 4) is 11.5 Å². The Labute approximate surface area is 172 Å². The van der Waals surface area contributed by atoms with Gasteiger partial charge in [-0.1, -0.05) is 12.1 Å². The summed E-state index contributed by atoms with van der Waals surface area (Å²) in [5.41, 5.74) is 4.21. The van der Waals surface area contributed by atoms with Gasteiger partial charge in [-0.25, -0.2) is 0 Å². The van der Waals surface area contributed by atoms with E-state index < -0.39 is 0 Å². The van der Waals surface area contributed by atoms with Crippen molar-refractivity contribution in [2.24, 2.45) is 0 Å². The molecule has 154 valence electrons. The lowest BCUT2D eigenvalue weighted by Gasteiger charge is -2.18. The Morgan fingerprint density at radius 1 is 0.966 bits per heavy atom. The number of ketones is 1. The van der Waals surface area contributed by atoms with Gasteiger partial charge in [-0.05, 0) is 61.9 Å². The average molecular weight is 395 g/mol. The van der Waals surface area contributed by atoms with Crippen molar-refractivity contribution < 1.29 is 19.1 Å². The molecule has 1 aliphatic carbocycles. The van der Waals surface area contributed by atoms with Crippen LogP contribution in [0.3, 0.4) is 0 Å². The molecule has 1 atom stereocenters. The molecule has 5 heteroatoms. The number of rotatable bonds is 8. The summed E-state index contributed by atoms with van der Waals surface area (Å²) in [5.74, 6) is 1.21. The van der Waals surface area contributed by atoms with Gasteiger partial charge >= 0.3 is 0 Å². The molecule has 0 radical (unpaired) electrons. The summed E-state index contributed by atoms with van der Waals surface area (Å²) >= 11 is 0. The first kappa shape index (κ1) is 20.9. The van der Waals surface area contributed by atoms with E-state index in [2.05, 4.69) is 11.4 Å². The van der Waals surface area contributed by atoms with Gasteiger partial charge in [0, 0.05) is 30.0 Å². The molecule has 5 nitrogen and oxygen atoms in total. The summed E-state index contributed by atoms with van der Waals surface area (Å²) in [6, 6.07) is 11.2. The first-order chi connectivity index (χ1) is 14.0. The topological polar surface area (TPSA) is 64.6 Å². The number of fused-ring (bicyclic) bond motifs is 1. The number of benzene rings is 2. The van der Waals surface area contributed by atoms with E-state index in [1.165, 1.54) is 24.0 Å². The van der Waals surface area contributed by atoms with Crippen molar-refractivity contribution >= 4 is 11.7 Å². The van der Waals surface area contributed by atoms with E-state index in [4.69, 9.17) is 9.47 Å². The molecule has 0 aliphatic heterocycles. The Morgan fingerprint density at radius 3 is 2.45 bits per heavy atom. The van der Waals surface area contributed by atoms with E-state index in [1.54, 1.807) is 20.3 Å². The zero-order valence-corrected chi connectivity index (χ0v) is 17.4. The minimum absolute atomic E-state index is 0.0169. The van der Waals surface area contributed by atoms with Gasteiger partial charge in [-0.2, -0.15) is 0 Å². The number of hydrogen-bond donors (Lipinski definition) is 1. The quantitative estimate of drug-likeness (QED) is 0.672. The highest BCUT2D eigenvalue weighted by molar-refractivity contribution is 5.98. The molecule has 0 saturated heterocycles. The van der Waals surface area contributed by atoms with Crippen molar-refractivity contribution in [1.82, 2.24) is 5.32 Å². The second-order valence-corrected chi connectivity index (χ2v) is 7.51. The van der Waals surface area contributed by atoms with Crippen LogP contribution in [-0.2, 0) is 17.6 Å². The molecule has 0 aromatic heterocycles. The summed E-state index contributed by atoms with van der Waals surface area (Å²) in [6.07, 6.45) is 4.91. The molecule has 3 rings (SSSR count). The maximum absolute atomic E-state index is 12.5. The predicted molar refractivity (Wildman–Crippen MR) is 113 cm³/mol. The molecule has 2 aromatic rings. The molecular formula is C24H29NO4. The van der Waals surface area contributed by atoms with E-state index >= 15 is 0 Å². The molecular weight excluding hydrogens is 366 g/mol. The smallest absolute Gasteiger partial charge is 0.220 e. The van der Waals surface area contributed by atoms with E-state index in [0.29, 0.717) is 17.1 Å². The van der Waals surface area contributed by atoms with Gasteiger partial charge < -0.3 is 14.8 Å². The number of ether oxygens (including phenoxy) is 2. The number of hydrogen-bond acceptors (Lipinski definition) is 4. The molecule has 0 bridgehead atoms. The van der Waals surface area contributed by atoms with Crippen LogP contribution in [0, 0.1) is 0 Å². The molecule has 1 aliphatic rings. The summed E-state index contributed by atoms with van der Waals surface area (Å²) in [5, 5.41) is 2.95. The van der Waals surface area contributed by atoms with Gasteiger partial charge in [-0.3, -0.25) is 9.59 Å². The second kappa shape index (κ2) is 9.59. The lowest BCUT2D eigenvalue weighted by molar-refractivity contribution is -0.121. The van der Waals surface area contributed by atoms with Crippen LogP contribution in [0.1, 0.15) is 65.7 Å². The first-order valence-corrected chi connectivity index (χ1v) is 10.2. The van der Waals surface area contributed by atoms with Crippen LogP contribution < -0.4 is 14.8 Å². The number of amides is 1. The maximum Gasteiger partial charge on any atom is 0.220 e. The summed E-state index contributed by atoms with van der Waals surface area (Å²) < 4.78 is 10.6. The molecule has 1 amide bonds. The predicted octanol–water partition coefficient (Wildman–Crippen LogP) is 4.42. The van der Waals surface area contributed by atoms with Crippen LogP contribution in [0.25, 0.3) is 0 Å². The van der Waals surface area contributed by atoms with E-state index in [-0.39, 0.29) is 30.6 Å². The Balaban J connectivity index is 1.56. The van der Waals surface area contributed by atoms with Crippen LogP contribution in [0.2, 0.25) is 0 Å². The SMILES string of the molecule is COc1ccc(C(C)NC(=O)CCC(=O)c2ccc3c(c2)CCCC3)c(OC)c1. The molecule has 1 N–H and O–H groups in total. The van der Waals surface area contributed by atoms with E-state index in [9.17, 15) is 9.59 Å². The number of aryl methyl sites for hydroxylation is 2. The van der Waals surface area contributed by atoms with E-state index in [1.807, 2.05) is 31.2 Å². The molecule has 0 heterocycles. The van der Waals surface area contributed by atoms with E-state index in [0.717, 1.165) is 18.4 Å². The van der Waals surface area contributed by atoms with Gasteiger partial charge in [-0.15, -0.1) is 0 Å². The van der Waals surface area contributed by atoms with Crippen molar-refractivity contribution in [2.45, 2.75) is 51.5 Å². The van der Waals surface area contributed by atoms with Crippen LogP contribution in [-0.4, -0.2) is 25.9 Å². The van der Waals surface area contributed by atoms with Gasteiger partial charge in [0.2, 0.25) is 5.91 Å². The zero-order chi connectivity index (χ0) is 20.8. The fraction of sp³-hybridized carbons (Fsp3) is 0.417. The van der Waals surface area contributed by atoms with Crippen molar-refractivity contribution in [1.29, 1.82) is 0 Å². The minimum atomic E-state index is -0.234. The highest BCUT2D eigenvalue weighted by Gasteiger charge is 2.17. The van der Waals surface area contributed by atoms with Crippen LogP contribution in [0.4, 0.5) is 0 Å². The fourth-order valence-corrected chi connectivity index (χ4v) is 3.85. The molecule has 0 fully saturated rings. The third-order valence-electron chi connectivity index (χ3n) is 5.53. The fourth-order valence-electron chi connectivity index (χ4n) is 3.85. The average Bonchev–Trinajstić information content (AvgIpc) is 2.76. The zero-order valence-electron chi connectivity index (χ0n) is 17.4. The number of methoxy groups -OCH3 is 2. The standard InChI is InChI=1S/C24H29NO4/c1-16(21-11-10-20(28-2)15-23(21)29-3)25-24(27)13-12-22(26)19-9-8-17-6-4-5-7-18(17)14-19/h8-11,14-16H,4-7,12-13H2,1-3H3,(H,25,27). The lowest BCUT2D eigenvalue weighted by Crippen LogP contribution is -2.27. The number of carbonyl (C=O) groups is 2. The van der Waals surface area contributed by atoms with Crippen molar-refractivity contribution in [3.05, 3.63) is 58.7 Å². The molecule has 1 unspecified atom stereocenters. The highest BCUT2D eigenvalue weighted by atomic mass is 16.5. The number of carbonyl (C=O) groups excluding carboxylic acids is 2. The highest BCUT2D eigenvalue weighted by Crippen LogP contribution is 2.29. The third kappa shape index (κ3) is 5.17. The largest absolute Gasteiger partial charge is 0.497 e. The van der Waals surface area contributed by atoms with Crippen LogP contribution >= 0.6 is 0 Å². The molecule has 0 spiro atoms. The summed E-state index contributed by atoms with van der Waals surface area (Å²) in [7, 11) is 3.18. The number of nitrogens with one attached hydrogen (secondary N) is 1. The Hall–Kier alpha value is -2.82. The van der Waals surface area contributed by atoms with Gasteiger partial charge in [0.05, 0.1) is 20.3 Å². The van der Waals surface area contributed by atoms with Crippen LogP contribution in [0.5, 0.6) is 11.5 Å². The first-order valence-electron chi connectivity index (χ1n) is 10.2. The molecule has 2 aromatic carbocycles. The second-order valence-electron chi connectivity index (χ2n) is 7.51. The minimum Gasteiger partial charge on any atom is -0.497 e. The third-order valence-corrected chi connectivity index (χ3v) is 5.53. The van der Waals surface area contributed by atoms with Gasteiger partial charge in [0.15, 0.2) is 5.78 Å². The number of Topliss-reactive ketones (excluding diaryl/α,β-unsaturated/α-hetero) is 1. The normalized spacial score (nSPS) is 13.9. The van der Waals surface area contributed by atoms with Gasteiger partial charge in [0.1, 0.15) is 11.5 Å². The Morgan fingerprint density at radius 2 is 1.72 bits per heavy atom. The van der Waals surface area contributed by atoms with Gasteiger partial charge in [0.25, 0.3) is 0 Å². The maximum atomic E-state index is 12.5. The Kier molecular flexibility index (Phi) is 6.91. The monoisotopic (exact) mass is 395 g/mol. The molecule has 0 saturated carbocycles. The van der Waals surface area contributed by atoms with Crippen molar-refractivity contribution in [2.75, 3.05) is 14.2 Å². The lowest BCUT2D eigenvalue weighted by atomic mass is 9.89. The van der Waals surface area contributed by atoms with Crippen LogP contribution in [0.15, 0.2) is 36.4 Å². The summed E-state index contributed by atoms with van der Waals surface area (Å²) in [6.45, 7) is 1.90. The van der Waals surface area contributed by atoms with Crippen molar-refractivity contribution in [3.63, 3.8) is 0 Å². The summed E-state index contributed by atoms with van der Waals surface area (Å²) in [4.78, 5) is 24.9.